The summed E-state index contributed by atoms with van der Waals surface area (Å²) in [5, 5.41) is 15.9. The number of nitrogens with zero attached hydrogens (tertiary/aromatic N) is 3. The minimum Gasteiger partial charge on any atom is -0.505 e. The van der Waals surface area contributed by atoms with Gasteiger partial charge >= 0.3 is 0 Å². The Bertz CT molecular complexity index is 1140. The summed E-state index contributed by atoms with van der Waals surface area (Å²) in [6, 6.07) is 9.96. The highest BCUT2D eigenvalue weighted by atomic mass is 35.5. The molecule has 0 bridgehead atoms. The van der Waals surface area contributed by atoms with Gasteiger partial charge in [-0.2, -0.15) is 4.37 Å². The number of fused-ring (bicyclic) bond motifs is 1. The third-order valence-electron chi connectivity index (χ3n) is 6.31. The highest BCUT2D eigenvalue weighted by Crippen LogP contribution is 2.38. The number of aromatic nitrogens is 1. The van der Waals surface area contributed by atoms with E-state index in [0.29, 0.717) is 18.7 Å². The number of phenolic OH excluding ortho intramolecular Hbond substituents is 1. The van der Waals surface area contributed by atoms with E-state index < -0.39 is 0 Å². The predicted molar refractivity (Wildman–Crippen MR) is 139 cm³/mol. The molecule has 182 valence electrons. The number of ether oxygens (including phenoxy) is 1. The van der Waals surface area contributed by atoms with Crippen LogP contribution in [0.3, 0.4) is 0 Å². The van der Waals surface area contributed by atoms with Crippen molar-refractivity contribution >= 4 is 44.9 Å². The molecule has 1 aliphatic rings. The second-order valence-electron chi connectivity index (χ2n) is 8.42. The Hall–Kier alpha value is -2.55. The van der Waals surface area contributed by atoms with Gasteiger partial charge in [-0.15, -0.1) is 0 Å². The van der Waals surface area contributed by atoms with E-state index in [1.54, 1.807) is 17.6 Å². The maximum absolute atomic E-state index is 12.7. The van der Waals surface area contributed by atoms with Crippen molar-refractivity contribution in [1.29, 1.82) is 0 Å². The number of carbonyl (C=O) groups is 1. The second-order valence-corrected chi connectivity index (χ2v) is 9.58. The first-order valence-corrected chi connectivity index (χ1v) is 12.9. The number of hydrogen-bond donors (Lipinski definition) is 2. The monoisotopic (exact) mass is 502 g/mol. The minimum atomic E-state index is -0.364. The molecule has 9 heteroatoms. The average Bonchev–Trinajstić information content (AvgIpc) is 3.29. The molecule has 0 radical (unpaired) electrons. The van der Waals surface area contributed by atoms with Gasteiger partial charge in [0.2, 0.25) is 0 Å². The van der Waals surface area contributed by atoms with E-state index in [9.17, 15) is 9.90 Å². The molecule has 1 aliphatic heterocycles. The van der Waals surface area contributed by atoms with Gasteiger partial charge in [0.05, 0.1) is 17.6 Å². The van der Waals surface area contributed by atoms with Crippen LogP contribution in [0.5, 0.6) is 11.5 Å². The molecule has 4 rings (SSSR count). The molecule has 1 saturated heterocycles. The Morgan fingerprint density at radius 3 is 2.74 bits per heavy atom. The number of amides is 1. The molecular formula is C25H31ClN4O3S. The number of anilines is 1. The van der Waals surface area contributed by atoms with Crippen LogP contribution in [0.15, 0.2) is 30.3 Å². The van der Waals surface area contributed by atoms with Gasteiger partial charge in [-0.1, -0.05) is 30.7 Å². The summed E-state index contributed by atoms with van der Waals surface area (Å²) in [6.45, 7) is 7.51. The number of phenols is 1. The van der Waals surface area contributed by atoms with Crippen molar-refractivity contribution in [3.8, 4) is 11.5 Å². The number of carbonyl (C=O) groups excluding carboxylic acids is 1. The molecule has 34 heavy (non-hydrogen) atoms. The first kappa shape index (κ1) is 24.6. The first-order chi connectivity index (χ1) is 16.5. The fourth-order valence-electron chi connectivity index (χ4n) is 4.41. The largest absolute Gasteiger partial charge is 0.505 e. The Morgan fingerprint density at radius 2 is 2.00 bits per heavy atom. The van der Waals surface area contributed by atoms with Crippen molar-refractivity contribution < 1.29 is 14.6 Å². The van der Waals surface area contributed by atoms with Gasteiger partial charge in [0.1, 0.15) is 16.3 Å². The van der Waals surface area contributed by atoms with E-state index in [4.69, 9.17) is 16.3 Å². The standard InChI is InChI=1S/C25H31ClN4O3S/c1-3-17-16-19(26)22(31)21(23(17)33-2)24(32)27-10-6-7-11-29-12-14-30(15-13-29)25-18-8-4-5-9-20(18)28-34-25/h4-5,8-9,16,31H,3,6-7,10-15H2,1-2H3,(H,27,32). The number of aromatic hydroxyl groups is 1. The van der Waals surface area contributed by atoms with Gasteiger partial charge in [-0.05, 0) is 61.1 Å². The fourth-order valence-corrected chi connectivity index (χ4v) is 5.55. The zero-order valence-electron chi connectivity index (χ0n) is 19.6. The number of aryl methyl sites for hydroxylation is 1. The van der Waals surface area contributed by atoms with Gasteiger partial charge in [-0.25, -0.2) is 0 Å². The minimum absolute atomic E-state index is 0.110. The smallest absolute Gasteiger partial charge is 0.258 e. The van der Waals surface area contributed by atoms with Gasteiger partial charge in [-0.3, -0.25) is 9.69 Å². The van der Waals surface area contributed by atoms with Crippen molar-refractivity contribution in [2.45, 2.75) is 26.2 Å². The highest BCUT2D eigenvalue weighted by molar-refractivity contribution is 7.11. The van der Waals surface area contributed by atoms with E-state index in [0.717, 1.165) is 56.6 Å². The second kappa shape index (κ2) is 11.3. The van der Waals surface area contributed by atoms with Crippen LogP contribution in [-0.2, 0) is 6.42 Å². The molecule has 1 aromatic heterocycles. The summed E-state index contributed by atoms with van der Waals surface area (Å²) in [4.78, 5) is 17.7. The molecule has 2 N–H and O–H groups in total. The molecule has 1 fully saturated rings. The third kappa shape index (κ3) is 5.24. The Balaban J connectivity index is 1.22. The number of unbranched alkanes of at least 4 members (excludes halogenated alkanes) is 1. The molecule has 2 heterocycles. The van der Waals surface area contributed by atoms with E-state index >= 15 is 0 Å². The molecule has 0 atom stereocenters. The van der Waals surface area contributed by atoms with E-state index in [2.05, 4.69) is 37.7 Å². The lowest BCUT2D eigenvalue weighted by molar-refractivity contribution is 0.0946. The molecule has 0 unspecified atom stereocenters. The quantitative estimate of drug-likeness (QED) is 0.418. The Kier molecular flexibility index (Phi) is 8.13. The molecule has 0 saturated carbocycles. The summed E-state index contributed by atoms with van der Waals surface area (Å²) in [5.41, 5.74) is 1.97. The summed E-state index contributed by atoms with van der Waals surface area (Å²) in [5.74, 6) is -0.217. The molecule has 1 amide bonds. The first-order valence-electron chi connectivity index (χ1n) is 11.7. The van der Waals surface area contributed by atoms with Crippen molar-refractivity contribution in [3.63, 3.8) is 0 Å². The molecule has 0 spiro atoms. The molecule has 3 aromatic rings. The number of methoxy groups -OCH3 is 1. The summed E-state index contributed by atoms with van der Waals surface area (Å²) in [7, 11) is 1.50. The SMILES string of the molecule is CCc1cc(Cl)c(O)c(C(=O)NCCCCN2CCN(c3snc4ccccc34)CC2)c1OC. The normalized spacial score (nSPS) is 14.5. The van der Waals surface area contributed by atoms with Crippen LogP contribution in [0.25, 0.3) is 10.9 Å². The average molecular weight is 503 g/mol. The van der Waals surface area contributed by atoms with Crippen molar-refractivity contribution in [3.05, 3.63) is 46.5 Å². The summed E-state index contributed by atoms with van der Waals surface area (Å²) >= 11 is 7.70. The lowest BCUT2D eigenvalue weighted by atomic mass is 10.0. The predicted octanol–water partition coefficient (Wildman–Crippen LogP) is 4.56. The number of benzene rings is 2. The van der Waals surface area contributed by atoms with Gasteiger partial charge in [0.15, 0.2) is 5.75 Å². The lowest BCUT2D eigenvalue weighted by Crippen LogP contribution is -2.46. The Labute approximate surface area is 209 Å². The number of halogens is 1. The highest BCUT2D eigenvalue weighted by Gasteiger charge is 2.23. The van der Waals surface area contributed by atoms with Gasteiger partial charge in [0, 0.05) is 38.1 Å². The van der Waals surface area contributed by atoms with Crippen LogP contribution in [-0.4, -0.2) is 66.7 Å². The summed E-state index contributed by atoms with van der Waals surface area (Å²) < 4.78 is 9.97. The zero-order valence-corrected chi connectivity index (χ0v) is 21.2. The van der Waals surface area contributed by atoms with Crippen LogP contribution in [0.4, 0.5) is 5.00 Å². The zero-order chi connectivity index (χ0) is 24.1. The van der Waals surface area contributed by atoms with E-state index in [1.807, 2.05) is 13.0 Å². The van der Waals surface area contributed by atoms with Crippen LogP contribution in [0.1, 0.15) is 35.7 Å². The number of nitrogens with one attached hydrogen (secondary N) is 1. The Morgan fingerprint density at radius 1 is 1.24 bits per heavy atom. The van der Waals surface area contributed by atoms with Crippen LogP contribution in [0, 0.1) is 0 Å². The summed E-state index contributed by atoms with van der Waals surface area (Å²) in [6.07, 6.45) is 2.49. The maximum Gasteiger partial charge on any atom is 0.258 e. The fraction of sp³-hybridized carbons (Fsp3) is 0.440. The lowest BCUT2D eigenvalue weighted by Gasteiger charge is -2.35. The van der Waals surface area contributed by atoms with Gasteiger partial charge < -0.3 is 20.1 Å². The van der Waals surface area contributed by atoms with E-state index in [-0.39, 0.29) is 22.2 Å². The van der Waals surface area contributed by atoms with Crippen molar-refractivity contribution in [1.82, 2.24) is 14.6 Å². The third-order valence-corrected chi connectivity index (χ3v) is 7.53. The van der Waals surface area contributed by atoms with Gasteiger partial charge in [0.25, 0.3) is 5.91 Å². The maximum atomic E-state index is 12.7. The number of piperazine rings is 1. The molecule has 2 aromatic carbocycles. The molecular weight excluding hydrogens is 472 g/mol. The van der Waals surface area contributed by atoms with E-state index in [1.165, 1.54) is 17.5 Å². The number of hydrogen-bond acceptors (Lipinski definition) is 7. The van der Waals surface area contributed by atoms with Crippen molar-refractivity contribution in [2.24, 2.45) is 0 Å². The van der Waals surface area contributed by atoms with Crippen LogP contribution < -0.4 is 15.0 Å². The number of rotatable bonds is 9. The molecule has 7 nitrogen and oxygen atoms in total. The van der Waals surface area contributed by atoms with Crippen LogP contribution >= 0.6 is 23.1 Å². The molecule has 0 aliphatic carbocycles. The topological polar surface area (TPSA) is 77.9 Å². The van der Waals surface area contributed by atoms with Crippen LogP contribution in [0.2, 0.25) is 5.02 Å². The van der Waals surface area contributed by atoms with Crippen molar-refractivity contribution in [2.75, 3.05) is 51.3 Å².